The van der Waals surface area contributed by atoms with Crippen LogP contribution in [-0.2, 0) is 0 Å². The lowest BCUT2D eigenvalue weighted by atomic mass is 10.1. The van der Waals surface area contributed by atoms with E-state index in [1.165, 1.54) is 31.2 Å². The van der Waals surface area contributed by atoms with Gasteiger partial charge in [0.25, 0.3) is 5.91 Å². The SMILES string of the molecule is CC(=O)c1ccc(NC(=O)c2cc(Cl)c(OC(C)C)c(OC(C)C)c2)cc1O. The highest BCUT2D eigenvalue weighted by molar-refractivity contribution is 6.32. The zero-order valence-electron chi connectivity index (χ0n) is 16.5. The molecular formula is C21H24ClNO5. The Bertz CT molecular complexity index is 893. The molecule has 6 nitrogen and oxygen atoms in total. The zero-order valence-corrected chi connectivity index (χ0v) is 17.3. The third kappa shape index (κ3) is 5.39. The Kier molecular flexibility index (Phi) is 6.91. The van der Waals surface area contributed by atoms with E-state index in [1.807, 2.05) is 27.7 Å². The summed E-state index contributed by atoms with van der Waals surface area (Å²) < 4.78 is 11.5. The fraction of sp³-hybridized carbons (Fsp3) is 0.333. The van der Waals surface area contributed by atoms with Crippen molar-refractivity contribution in [1.82, 2.24) is 0 Å². The van der Waals surface area contributed by atoms with Gasteiger partial charge in [-0.3, -0.25) is 9.59 Å². The van der Waals surface area contributed by atoms with Gasteiger partial charge in [0.05, 0.1) is 22.8 Å². The van der Waals surface area contributed by atoms with Gasteiger partial charge in [0.1, 0.15) is 5.75 Å². The number of ether oxygens (including phenoxy) is 2. The number of amides is 1. The molecule has 0 heterocycles. The first-order chi connectivity index (χ1) is 13.1. The highest BCUT2D eigenvalue weighted by atomic mass is 35.5. The summed E-state index contributed by atoms with van der Waals surface area (Å²) in [4.78, 5) is 24.1. The maximum Gasteiger partial charge on any atom is 0.255 e. The molecule has 2 aromatic rings. The summed E-state index contributed by atoms with van der Waals surface area (Å²) in [5.74, 6) is -0.158. The normalized spacial score (nSPS) is 10.9. The van der Waals surface area contributed by atoms with Crippen molar-refractivity contribution in [1.29, 1.82) is 0 Å². The predicted molar refractivity (Wildman–Crippen MR) is 109 cm³/mol. The van der Waals surface area contributed by atoms with Crippen LogP contribution in [0.25, 0.3) is 0 Å². The van der Waals surface area contributed by atoms with Gasteiger partial charge >= 0.3 is 0 Å². The first-order valence-electron chi connectivity index (χ1n) is 8.90. The molecule has 2 N–H and O–H groups in total. The van der Waals surface area contributed by atoms with Crippen molar-refractivity contribution >= 4 is 29.0 Å². The maximum absolute atomic E-state index is 12.7. The summed E-state index contributed by atoms with van der Waals surface area (Å²) in [6.45, 7) is 8.81. The number of carbonyl (C=O) groups excluding carboxylic acids is 2. The molecule has 0 saturated carbocycles. The Morgan fingerprint density at radius 1 is 1.04 bits per heavy atom. The molecule has 0 aliphatic heterocycles. The molecule has 0 unspecified atom stereocenters. The molecule has 0 bridgehead atoms. The highest BCUT2D eigenvalue weighted by Crippen LogP contribution is 2.38. The minimum atomic E-state index is -0.443. The second-order valence-electron chi connectivity index (χ2n) is 6.86. The van der Waals surface area contributed by atoms with Crippen molar-refractivity contribution in [3.8, 4) is 17.2 Å². The molecule has 0 atom stereocenters. The number of hydrogen-bond acceptors (Lipinski definition) is 5. The van der Waals surface area contributed by atoms with Crippen LogP contribution in [0.4, 0.5) is 5.69 Å². The van der Waals surface area contributed by atoms with Crippen LogP contribution >= 0.6 is 11.6 Å². The first kappa shape index (κ1) is 21.6. The summed E-state index contributed by atoms with van der Waals surface area (Å²) in [6, 6.07) is 7.36. The molecule has 0 aliphatic carbocycles. The number of anilines is 1. The summed E-state index contributed by atoms with van der Waals surface area (Å²) >= 11 is 6.33. The highest BCUT2D eigenvalue weighted by Gasteiger charge is 2.19. The van der Waals surface area contributed by atoms with E-state index in [9.17, 15) is 14.7 Å². The summed E-state index contributed by atoms with van der Waals surface area (Å²) in [6.07, 6.45) is -0.255. The second kappa shape index (κ2) is 8.97. The van der Waals surface area contributed by atoms with E-state index in [4.69, 9.17) is 21.1 Å². The summed E-state index contributed by atoms with van der Waals surface area (Å²) in [5, 5.41) is 12.8. The number of carbonyl (C=O) groups is 2. The fourth-order valence-corrected chi connectivity index (χ4v) is 2.76. The van der Waals surface area contributed by atoms with Gasteiger partial charge in [-0.15, -0.1) is 0 Å². The van der Waals surface area contributed by atoms with Gasteiger partial charge in [-0.1, -0.05) is 11.6 Å². The number of phenolic OH excluding ortho intramolecular Hbond substituents is 1. The lowest BCUT2D eigenvalue weighted by molar-refractivity contribution is 0.101. The molecule has 2 rings (SSSR count). The molecule has 0 aromatic heterocycles. The largest absolute Gasteiger partial charge is 0.507 e. The molecular weight excluding hydrogens is 382 g/mol. The average Bonchev–Trinajstić information content (AvgIpc) is 2.56. The van der Waals surface area contributed by atoms with E-state index in [1.54, 1.807) is 6.07 Å². The monoisotopic (exact) mass is 405 g/mol. The van der Waals surface area contributed by atoms with Crippen LogP contribution in [0.1, 0.15) is 55.3 Å². The quantitative estimate of drug-likeness (QED) is 0.628. The van der Waals surface area contributed by atoms with Gasteiger partial charge in [0, 0.05) is 17.3 Å². The van der Waals surface area contributed by atoms with Crippen LogP contribution in [-0.4, -0.2) is 29.0 Å². The van der Waals surface area contributed by atoms with Crippen LogP contribution < -0.4 is 14.8 Å². The lowest BCUT2D eigenvalue weighted by Gasteiger charge is -2.19. The third-order valence-electron chi connectivity index (χ3n) is 3.62. The van der Waals surface area contributed by atoms with Gasteiger partial charge < -0.3 is 19.9 Å². The van der Waals surface area contributed by atoms with Crippen molar-refractivity contribution in [3.05, 3.63) is 46.5 Å². The van der Waals surface area contributed by atoms with E-state index in [2.05, 4.69) is 5.32 Å². The summed E-state index contributed by atoms with van der Waals surface area (Å²) in [5.41, 5.74) is 0.799. The molecule has 0 spiro atoms. The van der Waals surface area contributed by atoms with Crippen LogP contribution in [0.3, 0.4) is 0 Å². The molecule has 0 aliphatic rings. The Balaban J connectivity index is 2.33. The van der Waals surface area contributed by atoms with Crippen molar-refractivity contribution in [3.63, 3.8) is 0 Å². The molecule has 28 heavy (non-hydrogen) atoms. The fourth-order valence-electron chi connectivity index (χ4n) is 2.50. The maximum atomic E-state index is 12.7. The van der Waals surface area contributed by atoms with E-state index in [0.717, 1.165) is 0 Å². The van der Waals surface area contributed by atoms with Crippen LogP contribution in [0.15, 0.2) is 30.3 Å². The molecule has 0 radical (unpaired) electrons. The van der Waals surface area contributed by atoms with Gasteiger partial charge in [-0.25, -0.2) is 0 Å². The Hall–Kier alpha value is -2.73. The van der Waals surface area contributed by atoms with E-state index in [-0.39, 0.29) is 39.9 Å². The molecule has 150 valence electrons. The molecule has 0 fully saturated rings. The smallest absolute Gasteiger partial charge is 0.255 e. The minimum Gasteiger partial charge on any atom is -0.507 e. The van der Waals surface area contributed by atoms with Gasteiger partial charge in [-0.05, 0) is 58.9 Å². The minimum absolute atomic E-state index is 0.116. The lowest BCUT2D eigenvalue weighted by Crippen LogP contribution is -2.15. The number of rotatable bonds is 7. The molecule has 2 aromatic carbocycles. The number of nitrogens with one attached hydrogen (secondary N) is 1. The number of hydrogen-bond donors (Lipinski definition) is 2. The number of ketones is 1. The van der Waals surface area contributed by atoms with Gasteiger partial charge in [-0.2, -0.15) is 0 Å². The standard InChI is InChI=1S/C21H24ClNO5/c1-11(2)27-19-9-14(8-17(22)20(19)28-12(3)4)21(26)23-15-6-7-16(13(5)24)18(25)10-15/h6-12,25H,1-5H3,(H,23,26). The van der Waals surface area contributed by atoms with Gasteiger partial charge in [0.2, 0.25) is 0 Å². The van der Waals surface area contributed by atoms with Gasteiger partial charge in [0.15, 0.2) is 17.3 Å². The Morgan fingerprint density at radius 3 is 2.21 bits per heavy atom. The number of halogens is 1. The predicted octanol–water partition coefficient (Wildman–Crippen LogP) is 5.07. The van der Waals surface area contributed by atoms with Crippen molar-refractivity contribution in [2.75, 3.05) is 5.32 Å². The van der Waals surface area contributed by atoms with E-state index in [0.29, 0.717) is 17.2 Å². The second-order valence-corrected chi connectivity index (χ2v) is 7.27. The molecule has 0 saturated heterocycles. The molecule has 7 heteroatoms. The van der Waals surface area contributed by atoms with E-state index >= 15 is 0 Å². The Morgan fingerprint density at radius 2 is 1.68 bits per heavy atom. The average molecular weight is 406 g/mol. The van der Waals surface area contributed by atoms with Crippen molar-refractivity contribution < 1.29 is 24.2 Å². The van der Waals surface area contributed by atoms with Crippen molar-refractivity contribution in [2.45, 2.75) is 46.8 Å². The zero-order chi connectivity index (χ0) is 21.0. The topological polar surface area (TPSA) is 84.9 Å². The number of aromatic hydroxyl groups is 1. The summed E-state index contributed by atoms with van der Waals surface area (Å²) in [7, 11) is 0. The number of Topliss-reactive ketones (excluding diaryl/α,β-unsaturated/α-hetero) is 1. The van der Waals surface area contributed by atoms with Crippen LogP contribution in [0, 0.1) is 0 Å². The first-order valence-corrected chi connectivity index (χ1v) is 9.28. The number of benzene rings is 2. The molecule has 1 amide bonds. The van der Waals surface area contributed by atoms with E-state index < -0.39 is 5.91 Å². The Labute approximate surface area is 169 Å². The third-order valence-corrected chi connectivity index (χ3v) is 3.90. The van der Waals surface area contributed by atoms with Crippen LogP contribution in [0.5, 0.6) is 17.2 Å². The van der Waals surface area contributed by atoms with Crippen LogP contribution in [0.2, 0.25) is 5.02 Å². The van der Waals surface area contributed by atoms with Crippen molar-refractivity contribution in [2.24, 2.45) is 0 Å². The number of phenols is 1.